The Kier molecular flexibility index (Phi) is 5.90. The van der Waals surface area contributed by atoms with E-state index < -0.39 is 0 Å². The minimum absolute atomic E-state index is 0.554. The van der Waals surface area contributed by atoms with E-state index in [1.807, 2.05) is 7.05 Å². The van der Waals surface area contributed by atoms with Gasteiger partial charge >= 0.3 is 0 Å². The molecular formula is C14H25N3. The SMILES string of the molecule is C#CCNC(=NC)N1CCC(C(CC)CC)C1. The lowest BCUT2D eigenvalue weighted by atomic mass is 9.87. The molecule has 1 aliphatic heterocycles. The summed E-state index contributed by atoms with van der Waals surface area (Å²) < 4.78 is 0. The number of hydrogen-bond acceptors (Lipinski definition) is 1. The summed E-state index contributed by atoms with van der Waals surface area (Å²) in [6.07, 6.45) is 9.11. The molecule has 0 aromatic rings. The van der Waals surface area contributed by atoms with E-state index in [4.69, 9.17) is 6.42 Å². The van der Waals surface area contributed by atoms with Gasteiger partial charge in [0.15, 0.2) is 5.96 Å². The van der Waals surface area contributed by atoms with Crippen molar-refractivity contribution in [3.63, 3.8) is 0 Å². The lowest BCUT2D eigenvalue weighted by Gasteiger charge is -2.23. The molecule has 0 aromatic carbocycles. The molecule has 3 nitrogen and oxygen atoms in total. The van der Waals surface area contributed by atoms with Crippen LogP contribution in [0.15, 0.2) is 4.99 Å². The van der Waals surface area contributed by atoms with E-state index in [1.165, 1.54) is 19.3 Å². The standard InChI is InChI=1S/C14H25N3/c1-5-9-16-14(15-4)17-10-8-13(11-17)12(6-2)7-3/h1,12-13H,6-11H2,2-4H3,(H,15,16). The van der Waals surface area contributed by atoms with Crippen LogP contribution in [-0.4, -0.2) is 37.5 Å². The van der Waals surface area contributed by atoms with Gasteiger partial charge in [-0.15, -0.1) is 6.42 Å². The van der Waals surface area contributed by atoms with Crippen LogP contribution in [0.3, 0.4) is 0 Å². The summed E-state index contributed by atoms with van der Waals surface area (Å²) in [6.45, 7) is 7.37. The minimum Gasteiger partial charge on any atom is -0.345 e. The van der Waals surface area contributed by atoms with Gasteiger partial charge in [-0.1, -0.05) is 32.6 Å². The maximum absolute atomic E-state index is 5.26. The van der Waals surface area contributed by atoms with Crippen molar-refractivity contribution in [1.82, 2.24) is 10.2 Å². The molecule has 3 heteroatoms. The number of guanidine groups is 1. The van der Waals surface area contributed by atoms with Crippen LogP contribution < -0.4 is 5.32 Å². The van der Waals surface area contributed by atoms with Crippen LogP contribution in [0.1, 0.15) is 33.1 Å². The number of rotatable bonds is 4. The molecule has 1 heterocycles. The molecule has 0 radical (unpaired) electrons. The fourth-order valence-electron chi connectivity index (χ4n) is 2.78. The van der Waals surface area contributed by atoms with Crippen LogP contribution in [0.5, 0.6) is 0 Å². The fraction of sp³-hybridized carbons (Fsp3) is 0.786. The molecule has 1 aliphatic rings. The van der Waals surface area contributed by atoms with Gasteiger partial charge in [-0.2, -0.15) is 0 Å². The van der Waals surface area contributed by atoms with Gasteiger partial charge in [-0.3, -0.25) is 4.99 Å². The summed E-state index contributed by atoms with van der Waals surface area (Å²) in [5.41, 5.74) is 0. The highest BCUT2D eigenvalue weighted by atomic mass is 15.3. The average Bonchev–Trinajstić information content (AvgIpc) is 2.81. The number of terminal acetylenes is 1. The molecule has 17 heavy (non-hydrogen) atoms. The normalized spacial score (nSPS) is 20.8. The Morgan fingerprint density at radius 3 is 2.76 bits per heavy atom. The Balaban J connectivity index is 2.51. The van der Waals surface area contributed by atoms with Crippen molar-refractivity contribution < 1.29 is 0 Å². The predicted octanol–water partition coefficient (Wildman–Crippen LogP) is 1.95. The molecule has 1 atom stereocenters. The molecule has 96 valence electrons. The van der Waals surface area contributed by atoms with Gasteiger partial charge in [-0.05, 0) is 18.3 Å². The van der Waals surface area contributed by atoms with Gasteiger partial charge in [0.1, 0.15) is 0 Å². The van der Waals surface area contributed by atoms with Gasteiger partial charge in [0, 0.05) is 20.1 Å². The molecule has 0 bridgehead atoms. The van der Waals surface area contributed by atoms with E-state index in [-0.39, 0.29) is 0 Å². The third-order valence-electron chi connectivity index (χ3n) is 3.80. The van der Waals surface area contributed by atoms with Gasteiger partial charge in [0.2, 0.25) is 0 Å². The topological polar surface area (TPSA) is 27.6 Å². The van der Waals surface area contributed by atoms with Gasteiger partial charge in [0.05, 0.1) is 6.54 Å². The zero-order valence-electron chi connectivity index (χ0n) is 11.4. The molecule has 1 unspecified atom stereocenters. The van der Waals surface area contributed by atoms with E-state index in [1.54, 1.807) is 0 Å². The van der Waals surface area contributed by atoms with E-state index in [0.717, 1.165) is 30.9 Å². The largest absolute Gasteiger partial charge is 0.345 e. The van der Waals surface area contributed by atoms with Crippen LogP contribution >= 0.6 is 0 Å². The number of likely N-dealkylation sites (tertiary alicyclic amines) is 1. The summed E-state index contributed by atoms with van der Waals surface area (Å²) >= 11 is 0. The summed E-state index contributed by atoms with van der Waals surface area (Å²) in [7, 11) is 1.82. The number of hydrogen-bond donors (Lipinski definition) is 1. The van der Waals surface area contributed by atoms with Crippen LogP contribution in [0, 0.1) is 24.2 Å². The first kappa shape index (κ1) is 13.9. The zero-order valence-corrected chi connectivity index (χ0v) is 11.4. The molecule has 0 saturated carbocycles. The lowest BCUT2D eigenvalue weighted by molar-refractivity contribution is 0.319. The molecule has 0 amide bonds. The Bertz CT molecular complexity index is 286. The van der Waals surface area contributed by atoms with E-state index in [9.17, 15) is 0 Å². The van der Waals surface area contributed by atoms with E-state index in [0.29, 0.717) is 6.54 Å². The van der Waals surface area contributed by atoms with Crippen molar-refractivity contribution in [1.29, 1.82) is 0 Å². The summed E-state index contributed by atoms with van der Waals surface area (Å²) in [4.78, 5) is 6.62. The summed E-state index contributed by atoms with van der Waals surface area (Å²) in [5, 5.41) is 3.20. The van der Waals surface area contributed by atoms with Crippen LogP contribution in [0.4, 0.5) is 0 Å². The van der Waals surface area contributed by atoms with Crippen molar-refractivity contribution in [2.24, 2.45) is 16.8 Å². The molecule has 1 rings (SSSR count). The van der Waals surface area contributed by atoms with Crippen molar-refractivity contribution in [2.45, 2.75) is 33.1 Å². The average molecular weight is 235 g/mol. The monoisotopic (exact) mass is 235 g/mol. The highest BCUT2D eigenvalue weighted by Gasteiger charge is 2.28. The van der Waals surface area contributed by atoms with Crippen molar-refractivity contribution >= 4 is 5.96 Å². The van der Waals surface area contributed by atoms with Gasteiger partial charge in [0.25, 0.3) is 0 Å². The molecule has 1 saturated heterocycles. The first-order valence-corrected chi connectivity index (χ1v) is 6.65. The third-order valence-corrected chi connectivity index (χ3v) is 3.80. The fourth-order valence-corrected chi connectivity index (χ4v) is 2.78. The highest BCUT2D eigenvalue weighted by molar-refractivity contribution is 5.80. The number of nitrogens with zero attached hydrogens (tertiary/aromatic N) is 2. The van der Waals surface area contributed by atoms with E-state index in [2.05, 4.69) is 35.0 Å². The molecule has 0 aromatic heterocycles. The quantitative estimate of drug-likeness (QED) is 0.458. The minimum atomic E-state index is 0.554. The second kappa shape index (κ2) is 7.21. The Labute approximate surface area is 106 Å². The summed E-state index contributed by atoms with van der Waals surface area (Å²) in [6, 6.07) is 0. The maximum atomic E-state index is 5.26. The zero-order chi connectivity index (χ0) is 12.7. The second-order valence-corrected chi connectivity index (χ2v) is 4.68. The van der Waals surface area contributed by atoms with Crippen molar-refractivity contribution in [2.75, 3.05) is 26.7 Å². The van der Waals surface area contributed by atoms with Crippen molar-refractivity contribution in [3.05, 3.63) is 0 Å². The van der Waals surface area contributed by atoms with Crippen LogP contribution in [0.25, 0.3) is 0 Å². The van der Waals surface area contributed by atoms with Gasteiger partial charge < -0.3 is 10.2 Å². The molecule has 1 N–H and O–H groups in total. The third kappa shape index (κ3) is 3.66. The molecule has 0 aliphatic carbocycles. The lowest BCUT2D eigenvalue weighted by Crippen LogP contribution is -2.40. The molecule has 1 fully saturated rings. The maximum Gasteiger partial charge on any atom is 0.194 e. The number of nitrogens with one attached hydrogen (secondary N) is 1. The Morgan fingerprint density at radius 2 is 2.24 bits per heavy atom. The predicted molar refractivity (Wildman–Crippen MR) is 73.9 cm³/mol. The number of aliphatic imine (C=N–C) groups is 1. The van der Waals surface area contributed by atoms with Crippen LogP contribution in [0.2, 0.25) is 0 Å². The first-order valence-electron chi connectivity index (χ1n) is 6.65. The molecular weight excluding hydrogens is 210 g/mol. The molecule has 0 spiro atoms. The first-order chi connectivity index (χ1) is 8.26. The Morgan fingerprint density at radius 1 is 1.53 bits per heavy atom. The highest BCUT2D eigenvalue weighted by Crippen LogP contribution is 2.28. The Hall–Kier alpha value is -1.17. The van der Waals surface area contributed by atoms with Gasteiger partial charge in [-0.25, -0.2) is 0 Å². The van der Waals surface area contributed by atoms with Crippen LogP contribution in [-0.2, 0) is 0 Å². The smallest absolute Gasteiger partial charge is 0.194 e. The second-order valence-electron chi connectivity index (χ2n) is 4.68. The van der Waals surface area contributed by atoms with E-state index >= 15 is 0 Å². The van der Waals surface area contributed by atoms with Crippen molar-refractivity contribution in [3.8, 4) is 12.3 Å². The summed E-state index contributed by atoms with van der Waals surface area (Å²) in [5.74, 6) is 5.22.